The molecule has 0 aliphatic rings. The number of rotatable bonds is 4. The molecule has 5 nitrogen and oxygen atoms in total. The molecule has 2 aromatic rings. The lowest BCUT2D eigenvalue weighted by atomic mass is 10.2. The third-order valence-electron chi connectivity index (χ3n) is 2.73. The maximum atomic E-state index is 11.9. The number of hydrogen-bond acceptors (Lipinski definition) is 4. The van der Waals surface area contributed by atoms with Crippen LogP contribution in [0.15, 0.2) is 40.6 Å². The van der Waals surface area contributed by atoms with Gasteiger partial charge in [-0.1, -0.05) is 12.1 Å². The van der Waals surface area contributed by atoms with Gasteiger partial charge in [-0.05, 0) is 36.1 Å². The zero-order valence-corrected chi connectivity index (χ0v) is 12.4. The topological polar surface area (TPSA) is 89.3 Å². The monoisotopic (exact) mass is 310 g/mol. The van der Waals surface area contributed by atoms with Gasteiger partial charge in [0.25, 0.3) is 0 Å². The van der Waals surface area contributed by atoms with Gasteiger partial charge in [-0.2, -0.15) is 0 Å². The average molecular weight is 310 g/mol. The van der Waals surface area contributed by atoms with Crippen molar-refractivity contribution in [1.82, 2.24) is 0 Å². The highest BCUT2D eigenvalue weighted by atomic mass is 32.2. The van der Waals surface area contributed by atoms with E-state index in [-0.39, 0.29) is 17.2 Å². The van der Waals surface area contributed by atoms with Gasteiger partial charge in [0.1, 0.15) is 0 Å². The van der Waals surface area contributed by atoms with Crippen molar-refractivity contribution in [3.8, 4) is 0 Å². The summed E-state index contributed by atoms with van der Waals surface area (Å²) in [6.45, 7) is 1.79. The molecule has 1 amide bonds. The molecule has 0 unspecified atom stereocenters. The van der Waals surface area contributed by atoms with Gasteiger partial charge < -0.3 is 5.32 Å². The van der Waals surface area contributed by atoms with Crippen LogP contribution in [0, 0.1) is 6.92 Å². The number of sulfonamides is 1. The highest BCUT2D eigenvalue weighted by Crippen LogP contribution is 2.20. The van der Waals surface area contributed by atoms with Crippen LogP contribution in [0.2, 0.25) is 0 Å². The van der Waals surface area contributed by atoms with Crippen LogP contribution in [0.4, 0.5) is 5.69 Å². The van der Waals surface area contributed by atoms with E-state index in [2.05, 4.69) is 5.32 Å². The van der Waals surface area contributed by atoms with Crippen molar-refractivity contribution in [2.24, 2.45) is 5.14 Å². The van der Waals surface area contributed by atoms with Crippen LogP contribution < -0.4 is 10.5 Å². The molecule has 7 heteroatoms. The van der Waals surface area contributed by atoms with E-state index in [0.717, 1.165) is 10.4 Å². The minimum absolute atomic E-state index is 0.0190. The molecular weight excluding hydrogens is 296 g/mol. The van der Waals surface area contributed by atoms with Crippen LogP contribution in [0.1, 0.15) is 10.4 Å². The summed E-state index contributed by atoms with van der Waals surface area (Å²) in [5.41, 5.74) is 1.23. The second-order valence-corrected chi connectivity index (χ2v) is 6.92. The van der Waals surface area contributed by atoms with Crippen molar-refractivity contribution in [3.05, 3.63) is 46.2 Å². The molecule has 1 aromatic carbocycles. The van der Waals surface area contributed by atoms with E-state index in [1.54, 1.807) is 13.0 Å². The Bertz CT molecular complexity index is 722. The smallest absolute Gasteiger partial charge is 0.238 e. The molecule has 1 aromatic heterocycles. The Morgan fingerprint density at radius 3 is 2.70 bits per heavy atom. The molecule has 0 aliphatic carbocycles. The molecule has 0 saturated carbocycles. The Hall–Kier alpha value is -1.70. The van der Waals surface area contributed by atoms with Gasteiger partial charge in [0.05, 0.1) is 11.3 Å². The second-order valence-electron chi connectivity index (χ2n) is 4.33. The van der Waals surface area contributed by atoms with Gasteiger partial charge in [-0.25, -0.2) is 13.6 Å². The predicted molar refractivity (Wildman–Crippen MR) is 79.2 cm³/mol. The van der Waals surface area contributed by atoms with E-state index in [1.807, 2.05) is 17.5 Å². The number of carbonyl (C=O) groups excluding carboxylic acids is 1. The fourth-order valence-corrected chi connectivity index (χ4v) is 2.92. The molecule has 0 radical (unpaired) electrons. The number of amides is 1. The Morgan fingerprint density at radius 2 is 2.10 bits per heavy atom. The van der Waals surface area contributed by atoms with Gasteiger partial charge in [0.2, 0.25) is 15.9 Å². The summed E-state index contributed by atoms with van der Waals surface area (Å²) in [4.78, 5) is 12.8. The molecule has 1 heterocycles. The van der Waals surface area contributed by atoms with Gasteiger partial charge in [0.15, 0.2) is 0 Å². The lowest BCUT2D eigenvalue weighted by Crippen LogP contribution is -2.16. The van der Waals surface area contributed by atoms with E-state index in [1.165, 1.54) is 23.5 Å². The van der Waals surface area contributed by atoms with E-state index >= 15 is 0 Å². The maximum Gasteiger partial charge on any atom is 0.238 e. The first-order chi connectivity index (χ1) is 9.36. The third kappa shape index (κ3) is 3.66. The Morgan fingerprint density at radius 1 is 1.35 bits per heavy atom. The van der Waals surface area contributed by atoms with E-state index in [4.69, 9.17) is 5.14 Å². The number of thiophene rings is 1. The Labute approximate surface area is 121 Å². The first kappa shape index (κ1) is 14.7. The molecule has 0 bridgehead atoms. The molecule has 20 heavy (non-hydrogen) atoms. The fourth-order valence-electron chi connectivity index (χ4n) is 1.68. The van der Waals surface area contributed by atoms with E-state index in [9.17, 15) is 13.2 Å². The quantitative estimate of drug-likeness (QED) is 0.903. The highest BCUT2D eigenvalue weighted by molar-refractivity contribution is 7.89. The minimum atomic E-state index is -3.78. The summed E-state index contributed by atoms with van der Waals surface area (Å²) in [6, 6.07) is 8.15. The maximum absolute atomic E-state index is 11.9. The summed E-state index contributed by atoms with van der Waals surface area (Å²) in [5.74, 6) is -0.192. The van der Waals surface area contributed by atoms with Gasteiger partial charge in [-0.15, -0.1) is 11.3 Å². The number of hydrogen-bond donors (Lipinski definition) is 2. The number of anilines is 1. The molecule has 0 atom stereocenters. The summed E-state index contributed by atoms with van der Waals surface area (Å²) in [6.07, 6.45) is 0.261. The minimum Gasteiger partial charge on any atom is -0.325 e. The van der Waals surface area contributed by atoms with Gasteiger partial charge in [-0.3, -0.25) is 4.79 Å². The summed E-state index contributed by atoms with van der Waals surface area (Å²) < 4.78 is 22.6. The summed E-state index contributed by atoms with van der Waals surface area (Å²) in [7, 11) is -3.78. The number of aryl methyl sites for hydroxylation is 1. The SMILES string of the molecule is Cc1ccc(S(N)(=O)=O)cc1NC(=O)Cc1cccs1. The van der Waals surface area contributed by atoms with Crippen LogP contribution >= 0.6 is 11.3 Å². The van der Waals surface area contributed by atoms with Crippen molar-refractivity contribution < 1.29 is 13.2 Å². The predicted octanol–water partition coefficient (Wildman–Crippen LogP) is 1.89. The van der Waals surface area contributed by atoms with Crippen LogP contribution in [0.25, 0.3) is 0 Å². The van der Waals surface area contributed by atoms with E-state index < -0.39 is 10.0 Å². The third-order valence-corrected chi connectivity index (χ3v) is 4.51. The second kappa shape index (κ2) is 5.74. The molecule has 3 N–H and O–H groups in total. The number of benzene rings is 1. The summed E-state index contributed by atoms with van der Waals surface area (Å²) >= 11 is 1.50. The number of nitrogens with two attached hydrogens (primary N) is 1. The first-order valence-corrected chi connectivity index (χ1v) is 8.24. The zero-order chi connectivity index (χ0) is 14.8. The van der Waals surface area contributed by atoms with Crippen molar-refractivity contribution in [2.45, 2.75) is 18.2 Å². The van der Waals surface area contributed by atoms with Crippen LogP contribution in [0.5, 0.6) is 0 Å². The summed E-state index contributed by atoms with van der Waals surface area (Å²) in [5, 5.41) is 9.68. The normalized spacial score (nSPS) is 11.3. The largest absolute Gasteiger partial charge is 0.325 e. The number of nitrogens with one attached hydrogen (secondary N) is 1. The molecule has 0 saturated heterocycles. The van der Waals surface area contributed by atoms with Gasteiger partial charge >= 0.3 is 0 Å². The fraction of sp³-hybridized carbons (Fsp3) is 0.154. The lowest BCUT2D eigenvalue weighted by molar-refractivity contribution is -0.115. The first-order valence-electron chi connectivity index (χ1n) is 5.82. The number of carbonyl (C=O) groups is 1. The molecular formula is C13H14N2O3S2. The number of primary sulfonamides is 1. The van der Waals surface area contributed by atoms with Crippen molar-refractivity contribution in [2.75, 3.05) is 5.32 Å². The Kier molecular flexibility index (Phi) is 4.22. The Balaban J connectivity index is 2.18. The average Bonchev–Trinajstić information content (AvgIpc) is 2.83. The van der Waals surface area contributed by atoms with Crippen LogP contribution in [-0.4, -0.2) is 14.3 Å². The zero-order valence-electron chi connectivity index (χ0n) is 10.8. The van der Waals surface area contributed by atoms with Gasteiger partial charge in [0, 0.05) is 10.6 Å². The molecule has 106 valence electrons. The van der Waals surface area contributed by atoms with Crippen molar-refractivity contribution in [3.63, 3.8) is 0 Å². The van der Waals surface area contributed by atoms with Crippen molar-refractivity contribution >= 4 is 33.0 Å². The lowest BCUT2D eigenvalue weighted by Gasteiger charge is -2.09. The molecule has 2 rings (SSSR count). The molecule has 0 aliphatic heterocycles. The van der Waals surface area contributed by atoms with Crippen LogP contribution in [-0.2, 0) is 21.2 Å². The van der Waals surface area contributed by atoms with Crippen molar-refractivity contribution in [1.29, 1.82) is 0 Å². The molecule has 0 fully saturated rings. The molecule has 0 spiro atoms. The standard InChI is InChI=1S/C13H14N2O3S2/c1-9-4-5-11(20(14,17)18)8-12(9)15-13(16)7-10-3-2-6-19-10/h2-6,8H,7H2,1H3,(H,15,16)(H2,14,17,18). The highest BCUT2D eigenvalue weighted by Gasteiger charge is 2.12. The van der Waals surface area contributed by atoms with E-state index in [0.29, 0.717) is 5.69 Å². The van der Waals surface area contributed by atoms with Crippen LogP contribution in [0.3, 0.4) is 0 Å².